The van der Waals surface area contributed by atoms with E-state index in [2.05, 4.69) is 46.4 Å². The van der Waals surface area contributed by atoms with Crippen molar-refractivity contribution in [3.8, 4) is 22.5 Å². The third-order valence-corrected chi connectivity index (χ3v) is 5.15. The molecule has 0 saturated heterocycles. The fraction of sp³-hybridized carbons (Fsp3) is 0.125. The van der Waals surface area contributed by atoms with Crippen LogP contribution in [0.4, 0.5) is 0 Å². The summed E-state index contributed by atoms with van der Waals surface area (Å²) in [5, 5.41) is 0. The van der Waals surface area contributed by atoms with Crippen molar-refractivity contribution in [2.24, 2.45) is 5.73 Å². The number of hydrogen-bond acceptors (Lipinski definition) is 4. The first kappa shape index (κ1) is 17.5. The summed E-state index contributed by atoms with van der Waals surface area (Å²) in [5.74, 6) is 0. The Morgan fingerprint density at radius 2 is 1.38 bits per heavy atom. The molecule has 29 heavy (non-hydrogen) atoms. The molecule has 142 valence electrons. The molecular formula is C24H21N5. The van der Waals surface area contributed by atoms with Gasteiger partial charge in [-0.1, -0.05) is 54.6 Å². The maximum Gasteiger partial charge on any atom is 0.0973 e. The predicted molar refractivity (Wildman–Crippen MR) is 117 cm³/mol. The molecule has 0 spiro atoms. The Kier molecular flexibility index (Phi) is 3.93. The molecule has 0 saturated carbocycles. The van der Waals surface area contributed by atoms with E-state index >= 15 is 0 Å². The van der Waals surface area contributed by atoms with Crippen molar-refractivity contribution in [3.05, 3.63) is 78.6 Å². The summed E-state index contributed by atoms with van der Waals surface area (Å²) < 4.78 is 0. The first-order valence-corrected chi connectivity index (χ1v) is 9.59. The maximum atomic E-state index is 6.25. The summed E-state index contributed by atoms with van der Waals surface area (Å²) in [6, 6.07) is 22.4. The number of aromatic nitrogens is 4. The number of aromatic amines is 1. The average molecular weight is 379 g/mol. The van der Waals surface area contributed by atoms with Gasteiger partial charge in [-0.2, -0.15) is 0 Å². The SMILES string of the molecule is CC(C)(N)c1ccc(-c2nc3cc4[nH]cnc4cc3nc2-c2ccccc2)cc1. The lowest BCUT2D eigenvalue weighted by Gasteiger charge is -2.19. The second kappa shape index (κ2) is 6.50. The summed E-state index contributed by atoms with van der Waals surface area (Å²) in [6.45, 7) is 4.01. The van der Waals surface area contributed by atoms with Crippen LogP contribution in [0.3, 0.4) is 0 Å². The Balaban J connectivity index is 1.76. The van der Waals surface area contributed by atoms with Gasteiger partial charge in [0.2, 0.25) is 0 Å². The molecule has 5 aromatic rings. The highest BCUT2D eigenvalue weighted by atomic mass is 14.9. The van der Waals surface area contributed by atoms with Crippen LogP contribution < -0.4 is 5.73 Å². The van der Waals surface area contributed by atoms with E-state index in [0.717, 1.165) is 50.1 Å². The molecule has 2 heterocycles. The van der Waals surface area contributed by atoms with Crippen molar-refractivity contribution < 1.29 is 0 Å². The molecule has 0 unspecified atom stereocenters. The van der Waals surface area contributed by atoms with Crippen LogP contribution in [0.2, 0.25) is 0 Å². The summed E-state index contributed by atoms with van der Waals surface area (Å²) in [7, 11) is 0. The molecule has 0 amide bonds. The normalized spacial score (nSPS) is 12.0. The summed E-state index contributed by atoms with van der Waals surface area (Å²) >= 11 is 0. The Bertz CT molecular complexity index is 1310. The molecule has 0 aliphatic rings. The lowest BCUT2D eigenvalue weighted by Crippen LogP contribution is -2.28. The number of fused-ring (bicyclic) bond motifs is 2. The highest BCUT2D eigenvalue weighted by Gasteiger charge is 2.17. The standard InChI is InChI=1S/C24H21N5/c1-24(2,25)17-10-8-16(9-11-17)23-22(15-6-4-3-5-7-15)28-20-12-18-19(27-14-26-18)13-21(20)29-23/h3-14H,25H2,1-2H3,(H,26,27). The molecule has 5 heteroatoms. The van der Waals surface area contributed by atoms with Gasteiger partial charge in [0.05, 0.1) is 39.8 Å². The zero-order valence-corrected chi connectivity index (χ0v) is 16.3. The van der Waals surface area contributed by atoms with E-state index < -0.39 is 0 Å². The van der Waals surface area contributed by atoms with Crippen LogP contribution in [0, 0.1) is 0 Å². The number of nitrogens with zero attached hydrogens (tertiary/aromatic N) is 3. The Morgan fingerprint density at radius 3 is 2.03 bits per heavy atom. The minimum Gasteiger partial charge on any atom is -0.345 e. The van der Waals surface area contributed by atoms with E-state index in [1.54, 1.807) is 6.33 Å². The zero-order valence-electron chi connectivity index (χ0n) is 16.3. The monoisotopic (exact) mass is 379 g/mol. The topological polar surface area (TPSA) is 80.5 Å². The quantitative estimate of drug-likeness (QED) is 0.460. The summed E-state index contributed by atoms with van der Waals surface area (Å²) in [4.78, 5) is 17.5. The maximum absolute atomic E-state index is 6.25. The minimum absolute atomic E-state index is 0.387. The number of benzene rings is 3. The fourth-order valence-electron chi connectivity index (χ4n) is 3.54. The lowest BCUT2D eigenvalue weighted by atomic mass is 9.93. The summed E-state index contributed by atoms with van der Waals surface area (Å²) in [6.07, 6.45) is 1.69. The van der Waals surface area contributed by atoms with Gasteiger partial charge in [-0.3, -0.25) is 0 Å². The molecule has 0 fully saturated rings. The predicted octanol–water partition coefficient (Wildman–Crippen LogP) is 5.03. The molecule has 3 aromatic carbocycles. The molecule has 3 N–H and O–H groups in total. The largest absolute Gasteiger partial charge is 0.345 e. The molecule has 5 nitrogen and oxygen atoms in total. The van der Waals surface area contributed by atoms with Crippen LogP contribution in [0.15, 0.2) is 73.1 Å². The van der Waals surface area contributed by atoms with E-state index in [1.807, 2.05) is 44.2 Å². The Hall–Kier alpha value is -3.57. The van der Waals surface area contributed by atoms with Gasteiger partial charge in [0, 0.05) is 16.7 Å². The molecular weight excluding hydrogens is 358 g/mol. The molecule has 5 rings (SSSR count). The van der Waals surface area contributed by atoms with Crippen molar-refractivity contribution in [3.63, 3.8) is 0 Å². The van der Waals surface area contributed by atoms with Crippen LogP contribution in [0.25, 0.3) is 44.6 Å². The highest BCUT2D eigenvalue weighted by Crippen LogP contribution is 2.32. The number of hydrogen-bond donors (Lipinski definition) is 2. The van der Waals surface area contributed by atoms with Crippen molar-refractivity contribution in [1.29, 1.82) is 0 Å². The van der Waals surface area contributed by atoms with Crippen LogP contribution in [-0.4, -0.2) is 19.9 Å². The van der Waals surface area contributed by atoms with Crippen LogP contribution in [0.1, 0.15) is 19.4 Å². The van der Waals surface area contributed by atoms with Gasteiger partial charge >= 0.3 is 0 Å². The molecule has 2 aromatic heterocycles. The van der Waals surface area contributed by atoms with Crippen molar-refractivity contribution in [2.45, 2.75) is 19.4 Å². The van der Waals surface area contributed by atoms with E-state index in [-0.39, 0.29) is 5.54 Å². The molecule has 0 aliphatic carbocycles. The lowest BCUT2D eigenvalue weighted by molar-refractivity contribution is 0.554. The van der Waals surface area contributed by atoms with E-state index in [4.69, 9.17) is 15.7 Å². The van der Waals surface area contributed by atoms with Gasteiger partial charge in [-0.05, 0) is 31.5 Å². The van der Waals surface area contributed by atoms with Crippen LogP contribution in [0.5, 0.6) is 0 Å². The van der Waals surface area contributed by atoms with Gasteiger partial charge in [0.15, 0.2) is 0 Å². The van der Waals surface area contributed by atoms with Gasteiger partial charge < -0.3 is 10.7 Å². The van der Waals surface area contributed by atoms with E-state index in [9.17, 15) is 0 Å². The zero-order chi connectivity index (χ0) is 20.0. The van der Waals surface area contributed by atoms with Crippen LogP contribution >= 0.6 is 0 Å². The number of nitrogens with two attached hydrogens (primary N) is 1. The average Bonchev–Trinajstić information content (AvgIpc) is 3.18. The third-order valence-electron chi connectivity index (χ3n) is 5.15. The van der Waals surface area contributed by atoms with Crippen LogP contribution in [-0.2, 0) is 5.54 Å². The second-order valence-electron chi connectivity index (χ2n) is 7.85. The number of imidazole rings is 1. The molecule has 0 radical (unpaired) electrons. The minimum atomic E-state index is -0.387. The first-order valence-electron chi connectivity index (χ1n) is 9.59. The Morgan fingerprint density at radius 1 is 0.759 bits per heavy atom. The van der Waals surface area contributed by atoms with Crippen molar-refractivity contribution >= 4 is 22.1 Å². The van der Waals surface area contributed by atoms with Crippen molar-refractivity contribution in [2.75, 3.05) is 0 Å². The smallest absolute Gasteiger partial charge is 0.0973 e. The highest BCUT2D eigenvalue weighted by molar-refractivity contribution is 5.94. The third kappa shape index (κ3) is 3.15. The van der Waals surface area contributed by atoms with Gasteiger partial charge in [0.25, 0.3) is 0 Å². The number of H-pyrrole nitrogens is 1. The molecule has 0 aliphatic heterocycles. The summed E-state index contributed by atoms with van der Waals surface area (Å²) in [5.41, 5.74) is 14.2. The Labute approximate surface area is 168 Å². The molecule has 0 bridgehead atoms. The first-order chi connectivity index (χ1) is 14.0. The number of rotatable bonds is 3. The fourth-order valence-corrected chi connectivity index (χ4v) is 3.54. The van der Waals surface area contributed by atoms with Gasteiger partial charge in [-0.15, -0.1) is 0 Å². The van der Waals surface area contributed by atoms with Crippen molar-refractivity contribution in [1.82, 2.24) is 19.9 Å². The van der Waals surface area contributed by atoms with Gasteiger partial charge in [0.1, 0.15) is 0 Å². The number of nitrogens with one attached hydrogen (secondary N) is 1. The van der Waals surface area contributed by atoms with Gasteiger partial charge in [-0.25, -0.2) is 15.0 Å². The van der Waals surface area contributed by atoms with E-state index in [0.29, 0.717) is 0 Å². The second-order valence-corrected chi connectivity index (χ2v) is 7.85. The van der Waals surface area contributed by atoms with E-state index in [1.165, 1.54) is 0 Å². The molecule has 0 atom stereocenters.